The van der Waals surface area contributed by atoms with Gasteiger partial charge in [0.15, 0.2) is 0 Å². The van der Waals surface area contributed by atoms with Gasteiger partial charge in [-0.1, -0.05) is 77.8 Å². The first-order chi connectivity index (χ1) is 23.7. The van der Waals surface area contributed by atoms with E-state index < -0.39 is 17.1 Å². The van der Waals surface area contributed by atoms with Gasteiger partial charge in [0.25, 0.3) is 11.8 Å². The highest BCUT2D eigenvalue weighted by molar-refractivity contribution is 8.00. The Morgan fingerprint density at radius 1 is 0.776 bits per heavy atom. The molecular formula is C39H32Cl2N4O3S. The van der Waals surface area contributed by atoms with E-state index in [1.54, 1.807) is 66.7 Å². The molecule has 1 atom stereocenters. The minimum atomic E-state index is -0.562. The van der Waals surface area contributed by atoms with Crippen LogP contribution in [0.3, 0.4) is 0 Å². The number of carbonyl (C=O) groups is 3. The van der Waals surface area contributed by atoms with Crippen molar-refractivity contribution in [3.05, 3.63) is 142 Å². The highest BCUT2D eigenvalue weighted by atomic mass is 35.5. The number of benzene rings is 5. The fourth-order valence-electron chi connectivity index (χ4n) is 5.55. The van der Waals surface area contributed by atoms with E-state index in [9.17, 15) is 14.4 Å². The number of fused-ring (bicyclic) bond motifs is 3. The molecular weight excluding hydrogens is 675 g/mol. The van der Waals surface area contributed by atoms with Crippen molar-refractivity contribution in [2.24, 2.45) is 0 Å². The lowest BCUT2D eigenvalue weighted by atomic mass is 10.1. The van der Waals surface area contributed by atoms with E-state index in [4.69, 9.17) is 23.2 Å². The van der Waals surface area contributed by atoms with Gasteiger partial charge in [-0.2, -0.15) is 0 Å². The Bertz CT molecular complexity index is 2230. The number of nitrogens with zero attached hydrogens (tertiary/aromatic N) is 1. The Kier molecular flexibility index (Phi) is 10.4. The summed E-state index contributed by atoms with van der Waals surface area (Å²) in [6, 6.07) is 35.0. The second kappa shape index (κ2) is 15.0. The number of amides is 3. The van der Waals surface area contributed by atoms with Crippen LogP contribution in [0, 0.1) is 0 Å². The summed E-state index contributed by atoms with van der Waals surface area (Å²) >= 11 is 14.0. The number of hydrogen-bond acceptors (Lipinski definition) is 4. The summed E-state index contributed by atoms with van der Waals surface area (Å²) in [4.78, 5) is 40.7. The van der Waals surface area contributed by atoms with Crippen LogP contribution in [0.1, 0.15) is 29.8 Å². The molecule has 3 N–H and O–H groups in total. The van der Waals surface area contributed by atoms with Crippen molar-refractivity contribution < 1.29 is 14.4 Å². The molecule has 0 aliphatic carbocycles. The molecule has 0 aliphatic rings. The Hall–Kier alpha value is -5.02. The summed E-state index contributed by atoms with van der Waals surface area (Å²) in [6.45, 7) is 4.80. The minimum absolute atomic E-state index is 0.0251. The number of rotatable bonds is 10. The molecule has 246 valence electrons. The average Bonchev–Trinajstić information content (AvgIpc) is 3.43. The van der Waals surface area contributed by atoms with Crippen LogP contribution in [0.4, 0.5) is 11.4 Å². The van der Waals surface area contributed by atoms with E-state index >= 15 is 0 Å². The number of aromatic nitrogens is 1. The topological polar surface area (TPSA) is 92.2 Å². The predicted molar refractivity (Wildman–Crippen MR) is 202 cm³/mol. The third kappa shape index (κ3) is 7.67. The van der Waals surface area contributed by atoms with Gasteiger partial charge in [-0.25, -0.2) is 0 Å². The highest BCUT2D eigenvalue weighted by Crippen LogP contribution is 2.32. The second-order valence-electron chi connectivity index (χ2n) is 11.2. The van der Waals surface area contributed by atoms with Crippen LogP contribution < -0.4 is 16.0 Å². The lowest BCUT2D eigenvalue weighted by Gasteiger charge is -2.14. The fraction of sp³-hybridized carbons (Fsp3) is 0.103. The number of carbonyl (C=O) groups excluding carboxylic acids is 3. The van der Waals surface area contributed by atoms with Crippen LogP contribution in [0.15, 0.2) is 126 Å². The molecule has 0 saturated carbocycles. The number of hydrogen-bond donors (Lipinski definition) is 3. The van der Waals surface area contributed by atoms with E-state index in [-0.39, 0.29) is 16.6 Å². The van der Waals surface area contributed by atoms with Gasteiger partial charge in [0.2, 0.25) is 5.91 Å². The number of halogens is 2. The van der Waals surface area contributed by atoms with Gasteiger partial charge >= 0.3 is 0 Å². The Morgan fingerprint density at radius 3 is 2.29 bits per heavy atom. The van der Waals surface area contributed by atoms with Crippen molar-refractivity contribution in [2.75, 3.05) is 10.6 Å². The smallest absolute Gasteiger partial charge is 0.272 e. The Morgan fingerprint density at radius 2 is 1.49 bits per heavy atom. The molecule has 3 amide bonds. The van der Waals surface area contributed by atoms with E-state index in [1.807, 2.05) is 43.3 Å². The summed E-state index contributed by atoms with van der Waals surface area (Å²) in [7, 11) is 0. The van der Waals surface area contributed by atoms with Crippen molar-refractivity contribution in [1.29, 1.82) is 0 Å². The highest BCUT2D eigenvalue weighted by Gasteiger charge is 2.19. The Balaban J connectivity index is 1.17. The van der Waals surface area contributed by atoms with Crippen molar-refractivity contribution in [3.63, 3.8) is 0 Å². The molecule has 5 aromatic carbocycles. The molecule has 0 bridgehead atoms. The third-order valence-electron chi connectivity index (χ3n) is 7.94. The number of anilines is 2. The van der Waals surface area contributed by atoms with Gasteiger partial charge in [0, 0.05) is 50.2 Å². The third-order valence-corrected chi connectivity index (χ3v) is 9.87. The van der Waals surface area contributed by atoms with Crippen LogP contribution in [0.25, 0.3) is 27.9 Å². The van der Waals surface area contributed by atoms with Gasteiger partial charge in [-0.3, -0.25) is 14.4 Å². The zero-order valence-electron chi connectivity index (χ0n) is 26.7. The predicted octanol–water partition coefficient (Wildman–Crippen LogP) is 9.65. The quantitative estimate of drug-likeness (QED) is 0.0977. The summed E-state index contributed by atoms with van der Waals surface area (Å²) in [5, 5.41) is 11.0. The normalized spacial score (nSPS) is 12.1. The first-order valence-corrected chi connectivity index (χ1v) is 17.3. The second-order valence-corrected chi connectivity index (χ2v) is 13.4. The molecule has 0 fully saturated rings. The van der Waals surface area contributed by atoms with Crippen molar-refractivity contribution in [3.8, 4) is 0 Å². The van der Waals surface area contributed by atoms with E-state index in [2.05, 4.69) is 39.6 Å². The van der Waals surface area contributed by atoms with E-state index in [1.165, 1.54) is 17.8 Å². The lowest BCUT2D eigenvalue weighted by Crippen LogP contribution is -2.30. The van der Waals surface area contributed by atoms with Gasteiger partial charge in [0.1, 0.15) is 5.70 Å². The first-order valence-electron chi connectivity index (χ1n) is 15.6. The Labute approximate surface area is 298 Å². The van der Waals surface area contributed by atoms with Crippen molar-refractivity contribution >= 4 is 91.9 Å². The lowest BCUT2D eigenvalue weighted by molar-refractivity contribution is -0.115. The molecule has 0 spiro atoms. The monoisotopic (exact) mass is 706 g/mol. The summed E-state index contributed by atoms with van der Waals surface area (Å²) < 4.78 is 2.27. The molecule has 1 unspecified atom stereocenters. The average molecular weight is 708 g/mol. The molecule has 6 aromatic rings. The number of thioether (sulfide) groups is 1. The number of aryl methyl sites for hydroxylation is 1. The molecule has 10 heteroatoms. The van der Waals surface area contributed by atoms with Gasteiger partial charge in [-0.15, -0.1) is 11.8 Å². The van der Waals surface area contributed by atoms with Crippen molar-refractivity contribution in [2.45, 2.75) is 30.5 Å². The molecule has 0 saturated heterocycles. The molecule has 49 heavy (non-hydrogen) atoms. The summed E-state index contributed by atoms with van der Waals surface area (Å²) in [5.74, 6) is -1.17. The minimum Gasteiger partial charge on any atom is -0.341 e. The van der Waals surface area contributed by atoms with Crippen LogP contribution in [0.2, 0.25) is 10.0 Å². The van der Waals surface area contributed by atoms with Gasteiger partial charge < -0.3 is 20.5 Å². The number of para-hydroxylation sites is 1. The first kappa shape index (κ1) is 33.9. The standard InChI is InChI=1S/C39H32Cl2N4O3S/c1-3-45-34-18-8-7-16-30(34)31-23-28(19-20-35(31)45)42-37(46)24(2)49-29-15-10-14-27(22-29)43-39(48)33(21-26-13-9-17-32(40)36(26)41)44-38(47)25-11-5-4-6-12-25/h4-24H,3H2,1-2H3,(H,42,46)(H,43,48)(H,44,47)/b33-21+. The fourth-order valence-corrected chi connectivity index (χ4v) is 6.84. The maximum absolute atomic E-state index is 13.6. The summed E-state index contributed by atoms with van der Waals surface area (Å²) in [6.07, 6.45) is 1.48. The largest absolute Gasteiger partial charge is 0.341 e. The molecule has 0 radical (unpaired) electrons. The molecule has 1 heterocycles. The van der Waals surface area contributed by atoms with Crippen molar-refractivity contribution in [1.82, 2.24) is 9.88 Å². The zero-order chi connectivity index (χ0) is 34.5. The zero-order valence-corrected chi connectivity index (χ0v) is 29.0. The van der Waals surface area contributed by atoms with E-state index in [0.29, 0.717) is 21.8 Å². The molecule has 1 aromatic heterocycles. The summed E-state index contributed by atoms with van der Waals surface area (Å²) in [5.41, 5.74) is 4.32. The van der Waals surface area contributed by atoms with E-state index in [0.717, 1.165) is 38.9 Å². The number of nitrogens with one attached hydrogen (secondary N) is 3. The van der Waals surface area contributed by atoms with Gasteiger partial charge in [0.05, 0.1) is 15.3 Å². The molecule has 6 rings (SSSR count). The maximum atomic E-state index is 13.6. The van der Waals surface area contributed by atoms with Crippen LogP contribution in [-0.4, -0.2) is 27.5 Å². The SMILES string of the molecule is CCn1c2ccccc2c2cc(NC(=O)C(C)Sc3cccc(NC(=O)/C(=C\c4cccc(Cl)c4Cl)NC(=O)c4ccccc4)c3)ccc21. The molecule has 7 nitrogen and oxygen atoms in total. The molecule has 0 aliphatic heterocycles. The van der Waals surface area contributed by atoms with Crippen LogP contribution in [-0.2, 0) is 16.1 Å². The van der Waals surface area contributed by atoms with Crippen LogP contribution in [0.5, 0.6) is 0 Å². The van der Waals surface area contributed by atoms with Crippen LogP contribution >= 0.6 is 35.0 Å². The van der Waals surface area contributed by atoms with Gasteiger partial charge in [-0.05, 0) is 86.2 Å². The maximum Gasteiger partial charge on any atom is 0.272 e.